The van der Waals surface area contributed by atoms with Crippen molar-refractivity contribution in [3.8, 4) is 5.75 Å². The molecule has 1 aliphatic rings. The van der Waals surface area contributed by atoms with Crippen LogP contribution in [0.2, 0.25) is 0 Å². The molecule has 0 radical (unpaired) electrons. The average Bonchev–Trinajstić information content (AvgIpc) is 2.41. The van der Waals surface area contributed by atoms with E-state index in [1.807, 2.05) is 0 Å². The third-order valence-electron chi connectivity index (χ3n) is 3.88. The molecule has 100 valence electrons. The van der Waals surface area contributed by atoms with E-state index in [-0.39, 0.29) is 11.5 Å². The summed E-state index contributed by atoms with van der Waals surface area (Å²) >= 11 is 0. The van der Waals surface area contributed by atoms with E-state index in [1.54, 1.807) is 6.07 Å². The van der Waals surface area contributed by atoms with Crippen LogP contribution < -0.4 is 5.73 Å². The minimum absolute atomic E-state index is 0.149. The molecule has 0 aliphatic heterocycles. The standard InChI is InChI=1S/C14H20FNO2/c15-11-8-4-7-10(14(11)18)12(16)13(17)9-5-2-1-3-6-9/h4,7-9,12-13,17-18H,1-3,5-6,16H2/t12-,13+/m0/s1. The van der Waals surface area contributed by atoms with Crippen LogP contribution in [0.25, 0.3) is 0 Å². The minimum atomic E-state index is -0.733. The van der Waals surface area contributed by atoms with Crippen molar-refractivity contribution in [2.24, 2.45) is 11.7 Å². The van der Waals surface area contributed by atoms with E-state index in [0.717, 1.165) is 25.7 Å². The Morgan fingerprint density at radius 3 is 2.56 bits per heavy atom. The van der Waals surface area contributed by atoms with Gasteiger partial charge in [0.25, 0.3) is 0 Å². The van der Waals surface area contributed by atoms with Crippen molar-refractivity contribution in [2.45, 2.75) is 44.2 Å². The predicted molar refractivity (Wildman–Crippen MR) is 67.6 cm³/mol. The van der Waals surface area contributed by atoms with Crippen LogP contribution in [-0.4, -0.2) is 16.3 Å². The highest BCUT2D eigenvalue weighted by molar-refractivity contribution is 5.36. The SMILES string of the molecule is N[C@@H](c1cccc(F)c1O)[C@H](O)C1CCCCC1. The van der Waals surface area contributed by atoms with Gasteiger partial charge in [-0.2, -0.15) is 0 Å². The molecule has 1 saturated carbocycles. The zero-order valence-corrected chi connectivity index (χ0v) is 10.3. The number of aromatic hydroxyl groups is 1. The van der Waals surface area contributed by atoms with Crippen LogP contribution in [0, 0.1) is 11.7 Å². The fraction of sp³-hybridized carbons (Fsp3) is 0.571. The van der Waals surface area contributed by atoms with E-state index >= 15 is 0 Å². The number of rotatable bonds is 3. The van der Waals surface area contributed by atoms with Gasteiger partial charge >= 0.3 is 0 Å². The van der Waals surface area contributed by atoms with Crippen molar-refractivity contribution in [3.05, 3.63) is 29.6 Å². The number of aliphatic hydroxyl groups excluding tert-OH is 1. The fourth-order valence-electron chi connectivity index (χ4n) is 2.75. The average molecular weight is 253 g/mol. The van der Waals surface area contributed by atoms with Gasteiger partial charge < -0.3 is 15.9 Å². The van der Waals surface area contributed by atoms with Crippen LogP contribution in [-0.2, 0) is 0 Å². The first kappa shape index (κ1) is 13.3. The summed E-state index contributed by atoms with van der Waals surface area (Å²) in [6, 6.07) is 3.51. The summed E-state index contributed by atoms with van der Waals surface area (Å²) in [7, 11) is 0. The van der Waals surface area contributed by atoms with Crippen LogP contribution >= 0.6 is 0 Å². The van der Waals surface area contributed by atoms with Gasteiger partial charge in [-0.05, 0) is 24.8 Å². The van der Waals surface area contributed by atoms with Gasteiger partial charge in [-0.3, -0.25) is 0 Å². The number of nitrogens with two attached hydrogens (primary N) is 1. The van der Waals surface area contributed by atoms with Crippen molar-refractivity contribution in [1.29, 1.82) is 0 Å². The third kappa shape index (κ3) is 2.65. The highest BCUT2D eigenvalue weighted by atomic mass is 19.1. The minimum Gasteiger partial charge on any atom is -0.505 e. The van der Waals surface area contributed by atoms with Crippen LogP contribution in [0.5, 0.6) is 5.75 Å². The molecule has 18 heavy (non-hydrogen) atoms. The molecule has 0 heterocycles. The third-order valence-corrected chi connectivity index (χ3v) is 3.88. The monoisotopic (exact) mass is 253 g/mol. The number of benzene rings is 1. The summed E-state index contributed by atoms with van der Waals surface area (Å²) in [5.74, 6) is -0.991. The Bertz CT molecular complexity index is 405. The first-order valence-electron chi connectivity index (χ1n) is 6.52. The lowest BCUT2D eigenvalue weighted by Crippen LogP contribution is -2.34. The summed E-state index contributed by atoms with van der Waals surface area (Å²) < 4.78 is 13.3. The molecule has 1 aliphatic carbocycles. The number of phenolic OH excluding ortho intramolecular Hbond substituents is 1. The molecule has 2 atom stereocenters. The Kier molecular flexibility index (Phi) is 4.19. The van der Waals surface area contributed by atoms with E-state index < -0.39 is 23.7 Å². The number of para-hydroxylation sites is 1. The van der Waals surface area contributed by atoms with Gasteiger partial charge in [-0.1, -0.05) is 31.4 Å². The first-order chi connectivity index (χ1) is 8.61. The predicted octanol–water partition coefficient (Wildman–Crippen LogP) is 2.47. The largest absolute Gasteiger partial charge is 0.505 e. The lowest BCUT2D eigenvalue weighted by Gasteiger charge is -2.30. The Morgan fingerprint density at radius 1 is 1.22 bits per heavy atom. The molecule has 0 unspecified atom stereocenters. The van der Waals surface area contributed by atoms with E-state index in [1.165, 1.54) is 18.6 Å². The van der Waals surface area contributed by atoms with E-state index in [0.29, 0.717) is 0 Å². The van der Waals surface area contributed by atoms with Gasteiger partial charge in [-0.15, -0.1) is 0 Å². The molecule has 1 aromatic rings. The summed E-state index contributed by atoms with van der Waals surface area (Å²) in [4.78, 5) is 0. The van der Waals surface area contributed by atoms with Crippen molar-refractivity contribution >= 4 is 0 Å². The van der Waals surface area contributed by atoms with E-state index in [9.17, 15) is 14.6 Å². The normalized spacial score (nSPS) is 20.6. The molecule has 0 amide bonds. The molecule has 2 rings (SSSR count). The van der Waals surface area contributed by atoms with Gasteiger partial charge in [0, 0.05) is 5.56 Å². The van der Waals surface area contributed by atoms with Crippen molar-refractivity contribution in [1.82, 2.24) is 0 Å². The van der Waals surface area contributed by atoms with Gasteiger partial charge in [0.05, 0.1) is 12.1 Å². The Hall–Kier alpha value is -1.13. The zero-order valence-electron chi connectivity index (χ0n) is 10.3. The molecule has 0 bridgehead atoms. The Morgan fingerprint density at radius 2 is 1.89 bits per heavy atom. The fourth-order valence-corrected chi connectivity index (χ4v) is 2.75. The molecular weight excluding hydrogens is 233 g/mol. The maximum atomic E-state index is 13.3. The molecule has 0 spiro atoms. The van der Waals surface area contributed by atoms with Gasteiger partial charge in [0.1, 0.15) is 0 Å². The first-order valence-corrected chi connectivity index (χ1v) is 6.52. The highest BCUT2D eigenvalue weighted by Gasteiger charge is 2.29. The maximum Gasteiger partial charge on any atom is 0.165 e. The number of halogens is 1. The van der Waals surface area contributed by atoms with Crippen LogP contribution in [0.15, 0.2) is 18.2 Å². The highest BCUT2D eigenvalue weighted by Crippen LogP contribution is 2.34. The number of phenols is 1. The van der Waals surface area contributed by atoms with Crippen molar-refractivity contribution in [3.63, 3.8) is 0 Å². The molecule has 0 aromatic heterocycles. The quantitative estimate of drug-likeness (QED) is 0.775. The number of hydrogen-bond acceptors (Lipinski definition) is 3. The smallest absolute Gasteiger partial charge is 0.165 e. The maximum absolute atomic E-state index is 13.3. The van der Waals surface area contributed by atoms with Crippen LogP contribution in [0.3, 0.4) is 0 Å². The van der Waals surface area contributed by atoms with Crippen molar-refractivity contribution in [2.75, 3.05) is 0 Å². The van der Waals surface area contributed by atoms with Crippen LogP contribution in [0.1, 0.15) is 43.7 Å². The second-order valence-electron chi connectivity index (χ2n) is 5.09. The molecule has 0 saturated heterocycles. The molecule has 3 nitrogen and oxygen atoms in total. The second kappa shape index (κ2) is 5.67. The number of hydrogen-bond donors (Lipinski definition) is 3. The molecule has 1 aromatic carbocycles. The second-order valence-corrected chi connectivity index (χ2v) is 5.09. The summed E-state index contributed by atoms with van der Waals surface area (Å²) in [6.45, 7) is 0. The van der Waals surface area contributed by atoms with Gasteiger partial charge in [0.2, 0.25) is 0 Å². The topological polar surface area (TPSA) is 66.5 Å². The van der Waals surface area contributed by atoms with Crippen LogP contribution in [0.4, 0.5) is 4.39 Å². The van der Waals surface area contributed by atoms with E-state index in [2.05, 4.69) is 0 Å². The molecular formula is C14H20FNO2. The van der Waals surface area contributed by atoms with Gasteiger partial charge in [0.15, 0.2) is 11.6 Å². The zero-order chi connectivity index (χ0) is 13.1. The van der Waals surface area contributed by atoms with Gasteiger partial charge in [-0.25, -0.2) is 4.39 Å². The molecule has 1 fully saturated rings. The number of aliphatic hydroxyl groups is 1. The Balaban J connectivity index is 2.14. The van der Waals surface area contributed by atoms with Crippen molar-refractivity contribution < 1.29 is 14.6 Å². The summed E-state index contributed by atoms with van der Waals surface area (Å²) in [5, 5.41) is 19.9. The molecule has 4 heteroatoms. The Labute approximate surface area is 106 Å². The lowest BCUT2D eigenvalue weighted by atomic mass is 9.81. The summed E-state index contributed by atoms with van der Waals surface area (Å²) in [5.41, 5.74) is 6.25. The van der Waals surface area contributed by atoms with E-state index in [4.69, 9.17) is 5.73 Å². The molecule has 4 N–H and O–H groups in total. The lowest BCUT2D eigenvalue weighted by molar-refractivity contribution is 0.0609. The summed E-state index contributed by atoms with van der Waals surface area (Å²) in [6.07, 6.45) is 4.57.